The number of benzene rings is 2. The molecular weight excluding hydrogens is 705 g/mol. The molecule has 2 unspecified atom stereocenters. The highest BCUT2D eigenvalue weighted by Crippen LogP contribution is 2.34. The van der Waals surface area contributed by atoms with Crippen LogP contribution in [0.3, 0.4) is 0 Å². The standard InChI is InChI=1S/C39H47Cl2N5O6/c1-22-27(20-51-37-33(40)16-29(35(44-37)49-8)18-42-24(3)26(5)47)12-10-14-31(22)32-15-11-13-28(23(32)2)21-52-38-34(41)17-30(36(45-38)50-9)19-43-25(4)39(48)46(6)7/h10-17,24-25,42-43H,18-21H2,1-9H3. The van der Waals surface area contributed by atoms with Crippen molar-refractivity contribution < 1.29 is 28.5 Å². The number of ketones is 1. The number of halogens is 2. The molecule has 2 N–H and O–H groups in total. The molecule has 2 aromatic heterocycles. The van der Waals surface area contributed by atoms with Gasteiger partial charge in [-0.05, 0) is 80.1 Å². The highest BCUT2D eigenvalue weighted by Gasteiger charge is 2.19. The third-order valence-corrected chi connectivity index (χ3v) is 9.42. The summed E-state index contributed by atoms with van der Waals surface area (Å²) < 4.78 is 23.3. The van der Waals surface area contributed by atoms with Crippen LogP contribution in [0.5, 0.6) is 23.5 Å². The number of nitrogens with one attached hydrogen (secondary N) is 2. The SMILES string of the molecule is COc1nc(OCc2cccc(-c3cccc(COc4nc(OC)c(CNC(C)C(=O)N(C)C)cc4Cl)c3C)c2C)c(Cl)cc1CNC(C)C(C)=O. The van der Waals surface area contributed by atoms with Crippen molar-refractivity contribution in [2.24, 2.45) is 0 Å². The number of carbonyl (C=O) groups excluding carboxylic acids is 2. The fourth-order valence-electron chi connectivity index (χ4n) is 5.50. The lowest BCUT2D eigenvalue weighted by molar-refractivity contribution is -0.130. The third kappa shape index (κ3) is 9.92. The summed E-state index contributed by atoms with van der Waals surface area (Å²) >= 11 is 13.2. The second-order valence-electron chi connectivity index (χ2n) is 12.7. The molecule has 1 amide bonds. The lowest BCUT2D eigenvalue weighted by atomic mass is 9.92. The van der Waals surface area contributed by atoms with Crippen LogP contribution in [0.4, 0.5) is 0 Å². The first-order valence-electron chi connectivity index (χ1n) is 16.8. The number of rotatable bonds is 17. The van der Waals surface area contributed by atoms with Crippen molar-refractivity contribution in [3.05, 3.63) is 92.0 Å². The number of amides is 1. The predicted octanol–water partition coefficient (Wildman–Crippen LogP) is 6.88. The van der Waals surface area contributed by atoms with Gasteiger partial charge in [0.05, 0.1) is 26.3 Å². The summed E-state index contributed by atoms with van der Waals surface area (Å²) in [5.41, 5.74) is 7.55. The van der Waals surface area contributed by atoms with Crippen molar-refractivity contribution in [3.8, 4) is 34.6 Å². The molecule has 0 bridgehead atoms. The predicted molar refractivity (Wildman–Crippen MR) is 204 cm³/mol. The van der Waals surface area contributed by atoms with E-state index >= 15 is 0 Å². The van der Waals surface area contributed by atoms with E-state index in [2.05, 4.69) is 46.6 Å². The van der Waals surface area contributed by atoms with E-state index in [4.69, 9.17) is 42.1 Å². The van der Waals surface area contributed by atoms with Gasteiger partial charge in [0.25, 0.3) is 0 Å². The Bertz CT molecular complexity index is 1900. The van der Waals surface area contributed by atoms with E-state index in [1.807, 2.05) is 24.3 Å². The van der Waals surface area contributed by atoms with Crippen molar-refractivity contribution in [2.75, 3.05) is 28.3 Å². The van der Waals surface area contributed by atoms with Gasteiger partial charge in [0.2, 0.25) is 29.4 Å². The maximum atomic E-state index is 12.3. The number of hydrogen-bond donors (Lipinski definition) is 2. The minimum Gasteiger partial charge on any atom is -0.481 e. The maximum absolute atomic E-state index is 12.3. The third-order valence-electron chi connectivity index (χ3n) is 8.88. The zero-order chi connectivity index (χ0) is 38.1. The molecule has 0 aliphatic rings. The van der Waals surface area contributed by atoms with Crippen LogP contribution >= 0.6 is 23.2 Å². The minimum atomic E-state index is -0.392. The average molecular weight is 753 g/mol. The Labute approximate surface area is 315 Å². The largest absolute Gasteiger partial charge is 0.481 e. The van der Waals surface area contributed by atoms with Crippen molar-refractivity contribution in [1.29, 1.82) is 0 Å². The van der Waals surface area contributed by atoms with Crippen molar-refractivity contribution in [1.82, 2.24) is 25.5 Å². The van der Waals surface area contributed by atoms with E-state index in [-0.39, 0.29) is 42.7 Å². The summed E-state index contributed by atoms with van der Waals surface area (Å²) in [6.45, 7) is 10.4. The maximum Gasteiger partial charge on any atom is 0.238 e. The first kappa shape index (κ1) is 40.4. The van der Waals surface area contributed by atoms with Gasteiger partial charge in [0.1, 0.15) is 29.0 Å². The molecule has 0 saturated carbocycles. The van der Waals surface area contributed by atoms with E-state index in [0.717, 1.165) is 38.9 Å². The van der Waals surface area contributed by atoms with Gasteiger partial charge in [-0.3, -0.25) is 9.59 Å². The van der Waals surface area contributed by atoms with Gasteiger partial charge in [-0.2, -0.15) is 9.97 Å². The summed E-state index contributed by atoms with van der Waals surface area (Å²) in [6, 6.07) is 14.9. The second kappa shape index (κ2) is 18.4. The highest BCUT2D eigenvalue weighted by atomic mass is 35.5. The minimum absolute atomic E-state index is 0.0338. The van der Waals surface area contributed by atoms with Crippen LogP contribution < -0.4 is 29.6 Å². The highest BCUT2D eigenvalue weighted by molar-refractivity contribution is 6.32. The van der Waals surface area contributed by atoms with Gasteiger partial charge in [-0.1, -0.05) is 59.6 Å². The van der Waals surface area contributed by atoms with E-state index in [1.54, 1.807) is 40.1 Å². The first-order chi connectivity index (χ1) is 24.7. The van der Waals surface area contributed by atoms with E-state index in [1.165, 1.54) is 26.0 Å². The number of aromatic nitrogens is 2. The lowest BCUT2D eigenvalue weighted by Crippen LogP contribution is -2.41. The summed E-state index contributed by atoms with van der Waals surface area (Å²) in [6.07, 6.45) is 0. The quantitative estimate of drug-likeness (QED) is 0.118. The number of Topliss-reactive ketones (excluding diaryl/α,β-unsaturated/α-hetero) is 1. The number of pyridine rings is 2. The van der Waals surface area contributed by atoms with Crippen LogP contribution in [0.1, 0.15) is 54.2 Å². The molecule has 0 aliphatic heterocycles. The van der Waals surface area contributed by atoms with Crippen LogP contribution in [0.2, 0.25) is 10.0 Å². The molecule has 4 rings (SSSR count). The molecule has 2 atom stereocenters. The Morgan fingerprint density at radius 2 is 1.13 bits per heavy atom. The van der Waals surface area contributed by atoms with Crippen molar-refractivity contribution in [2.45, 2.75) is 73.0 Å². The van der Waals surface area contributed by atoms with Crippen molar-refractivity contribution >= 4 is 34.9 Å². The molecule has 11 nitrogen and oxygen atoms in total. The van der Waals surface area contributed by atoms with Gasteiger partial charge in [-0.25, -0.2) is 0 Å². The Kier molecular flexibility index (Phi) is 14.3. The molecule has 0 spiro atoms. The fourth-order valence-corrected chi connectivity index (χ4v) is 5.95. The fraction of sp³-hybridized carbons (Fsp3) is 0.385. The van der Waals surface area contributed by atoms with Gasteiger partial charge in [0, 0.05) is 38.3 Å². The molecule has 278 valence electrons. The Morgan fingerprint density at radius 1 is 0.712 bits per heavy atom. The molecule has 52 heavy (non-hydrogen) atoms. The van der Waals surface area contributed by atoms with E-state index < -0.39 is 6.04 Å². The van der Waals surface area contributed by atoms with Crippen molar-refractivity contribution in [3.63, 3.8) is 0 Å². The molecule has 2 aromatic carbocycles. The van der Waals surface area contributed by atoms with Crippen LogP contribution in [0.15, 0.2) is 48.5 Å². The molecule has 0 aliphatic carbocycles. The van der Waals surface area contributed by atoms with E-state index in [0.29, 0.717) is 40.5 Å². The van der Waals surface area contributed by atoms with Gasteiger partial charge in [0.15, 0.2) is 0 Å². The van der Waals surface area contributed by atoms with Crippen LogP contribution in [0.25, 0.3) is 11.1 Å². The summed E-state index contributed by atoms with van der Waals surface area (Å²) in [4.78, 5) is 34.5. The number of ether oxygens (including phenoxy) is 4. The van der Waals surface area contributed by atoms with E-state index in [9.17, 15) is 9.59 Å². The zero-order valence-electron chi connectivity index (χ0n) is 31.1. The number of methoxy groups -OCH3 is 2. The number of likely N-dealkylation sites (N-methyl/N-ethyl adjacent to an activating group) is 1. The topological polar surface area (TPSA) is 124 Å². The van der Waals surface area contributed by atoms with Crippen LogP contribution in [-0.2, 0) is 35.9 Å². The normalized spacial score (nSPS) is 12.2. The molecule has 0 radical (unpaired) electrons. The zero-order valence-corrected chi connectivity index (χ0v) is 32.7. The first-order valence-corrected chi connectivity index (χ1v) is 17.6. The molecule has 4 aromatic rings. The Morgan fingerprint density at radius 3 is 1.52 bits per heavy atom. The average Bonchev–Trinajstić information content (AvgIpc) is 3.12. The molecule has 13 heteroatoms. The molecule has 0 saturated heterocycles. The molecule has 2 heterocycles. The van der Waals surface area contributed by atoms with Crippen LogP contribution in [-0.4, -0.2) is 67.0 Å². The second-order valence-corrected chi connectivity index (χ2v) is 13.5. The van der Waals surface area contributed by atoms with Gasteiger partial charge >= 0.3 is 0 Å². The van der Waals surface area contributed by atoms with Gasteiger partial charge < -0.3 is 34.5 Å². The summed E-state index contributed by atoms with van der Waals surface area (Å²) in [7, 11) is 6.49. The summed E-state index contributed by atoms with van der Waals surface area (Å²) in [5.74, 6) is 1.23. The smallest absolute Gasteiger partial charge is 0.238 e. The monoisotopic (exact) mass is 751 g/mol. The molecular formula is C39H47Cl2N5O6. The Balaban J connectivity index is 1.48. The number of hydrogen-bond acceptors (Lipinski definition) is 10. The summed E-state index contributed by atoms with van der Waals surface area (Å²) in [5, 5.41) is 7.02. The number of carbonyl (C=O) groups is 2. The molecule has 0 fully saturated rings. The number of nitrogens with zero attached hydrogens (tertiary/aromatic N) is 3. The van der Waals surface area contributed by atoms with Gasteiger partial charge in [-0.15, -0.1) is 0 Å². The van der Waals surface area contributed by atoms with Crippen LogP contribution in [0, 0.1) is 13.8 Å². The Hall–Kier alpha value is -4.42. The lowest BCUT2D eigenvalue weighted by Gasteiger charge is -2.19.